The molecule has 0 radical (unpaired) electrons. The molecule has 1 fully saturated rings. The predicted octanol–water partition coefficient (Wildman–Crippen LogP) is 4.73. The lowest BCUT2D eigenvalue weighted by atomic mass is 9.89. The number of halogens is 1. The summed E-state index contributed by atoms with van der Waals surface area (Å²) >= 11 is 5.98. The van der Waals surface area contributed by atoms with Crippen LogP contribution in [0.5, 0.6) is 11.5 Å². The molecule has 2 amide bonds. The van der Waals surface area contributed by atoms with E-state index < -0.39 is 59.3 Å². The number of primary amides is 1. The van der Waals surface area contributed by atoms with E-state index in [4.69, 9.17) is 40.7 Å². The summed E-state index contributed by atoms with van der Waals surface area (Å²) in [6.45, 7) is 4.89. The number of ether oxygens (including phenoxy) is 4. The fourth-order valence-corrected chi connectivity index (χ4v) is 5.47. The molecule has 0 unspecified atom stereocenters. The number of aromatic hydroxyl groups is 1. The third kappa shape index (κ3) is 6.31. The van der Waals surface area contributed by atoms with Crippen LogP contribution in [-0.2, 0) is 14.2 Å². The minimum absolute atomic E-state index is 0.0259. The van der Waals surface area contributed by atoms with Crippen molar-refractivity contribution in [2.45, 2.75) is 51.0 Å². The summed E-state index contributed by atoms with van der Waals surface area (Å²) in [5.74, 6) is -1.02. The lowest BCUT2D eigenvalue weighted by Gasteiger charge is -2.47. The first-order valence-corrected chi connectivity index (χ1v) is 14.2. The maximum atomic E-state index is 13.1. The molecule has 12 nitrogen and oxygen atoms in total. The van der Waals surface area contributed by atoms with E-state index in [2.05, 4.69) is 5.32 Å². The molecule has 0 saturated carbocycles. The van der Waals surface area contributed by atoms with Crippen LogP contribution in [0.2, 0.25) is 5.02 Å². The van der Waals surface area contributed by atoms with E-state index in [1.807, 2.05) is 18.2 Å². The Bertz CT molecular complexity index is 1820. The van der Waals surface area contributed by atoms with Crippen LogP contribution >= 0.6 is 11.6 Å². The number of anilines is 1. The summed E-state index contributed by atoms with van der Waals surface area (Å²) in [6.07, 6.45) is -6.08. The molecule has 4 aromatic rings. The molecule has 3 aromatic carbocycles. The van der Waals surface area contributed by atoms with Crippen molar-refractivity contribution in [1.82, 2.24) is 0 Å². The normalized spacial score (nSPS) is 20.8. The quantitative estimate of drug-likeness (QED) is 0.207. The smallest absolute Gasteiger partial charge is 0.404 e. The van der Waals surface area contributed by atoms with Crippen LogP contribution in [0.3, 0.4) is 0 Å². The number of carbonyl (C=O) groups is 2. The van der Waals surface area contributed by atoms with Gasteiger partial charge in [0.2, 0.25) is 6.29 Å². The van der Waals surface area contributed by atoms with Crippen LogP contribution < -0.4 is 21.4 Å². The molecule has 4 atom stereocenters. The summed E-state index contributed by atoms with van der Waals surface area (Å²) in [5.41, 5.74) is 4.75. The SMILES string of the molecule is CO[C@@H]1[C@@H](OC(N)=O)[C@@H](O)[C@H](Oc2ccc3c(O)c(NC(=O)c4cccc(-c5ccc(Cl)cc5)c4)c(=O)oc3c2C)OC1(C)C. The Morgan fingerprint density at radius 2 is 1.78 bits per heavy atom. The van der Waals surface area contributed by atoms with Crippen LogP contribution in [0, 0.1) is 6.92 Å². The fourth-order valence-electron chi connectivity index (χ4n) is 5.34. The highest BCUT2D eigenvalue weighted by molar-refractivity contribution is 6.30. The first kappa shape index (κ1) is 31.8. The van der Waals surface area contributed by atoms with Gasteiger partial charge in [0, 0.05) is 23.3 Å². The van der Waals surface area contributed by atoms with Gasteiger partial charge in [-0.25, -0.2) is 9.59 Å². The number of rotatable bonds is 7. The molecule has 1 aromatic heterocycles. The predicted molar refractivity (Wildman–Crippen MR) is 165 cm³/mol. The molecule has 5 N–H and O–H groups in total. The van der Waals surface area contributed by atoms with Crippen molar-refractivity contribution < 1.29 is 43.2 Å². The second-order valence-electron chi connectivity index (χ2n) is 11.0. The Morgan fingerprint density at radius 3 is 2.44 bits per heavy atom. The van der Waals surface area contributed by atoms with Gasteiger partial charge in [-0.15, -0.1) is 0 Å². The first-order valence-electron chi connectivity index (χ1n) is 13.8. The van der Waals surface area contributed by atoms with Crippen LogP contribution in [0.4, 0.5) is 10.5 Å². The van der Waals surface area contributed by atoms with Crippen LogP contribution in [0.25, 0.3) is 22.1 Å². The third-order valence-corrected chi connectivity index (χ3v) is 7.81. The van der Waals surface area contributed by atoms with Crippen molar-refractivity contribution in [1.29, 1.82) is 0 Å². The Morgan fingerprint density at radius 1 is 1.07 bits per heavy atom. The number of aryl methyl sites for hydroxylation is 1. The van der Waals surface area contributed by atoms with E-state index in [0.29, 0.717) is 5.02 Å². The van der Waals surface area contributed by atoms with E-state index in [-0.39, 0.29) is 27.8 Å². The minimum atomic E-state index is -1.51. The van der Waals surface area contributed by atoms with Crippen molar-refractivity contribution in [2.75, 3.05) is 12.4 Å². The Hall–Kier alpha value is -4.62. The Kier molecular flexibility index (Phi) is 8.77. The Labute approximate surface area is 262 Å². The molecule has 1 aliphatic rings. The Balaban J connectivity index is 1.42. The average Bonchev–Trinajstić information content (AvgIpc) is 2.99. The van der Waals surface area contributed by atoms with Crippen molar-refractivity contribution in [3.05, 3.63) is 87.2 Å². The number of nitrogens with one attached hydrogen (secondary N) is 1. The average molecular weight is 639 g/mol. The number of carbonyl (C=O) groups excluding carboxylic acids is 2. The van der Waals surface area contributed by atoms with E-state index in [9.17, 15) is 24.6 Å². The summed E-state index contributed by atoms with van der Waals surface area (Å²) in [6, 6.07) is 16.7. The lowest BCUT2D eigenvalue weighted by Crippen LogP contribution is -2.65. The number of fused-ring (bicyclic) bond motifs is 1. The zero-order chi connectivity index (χ0) is 32.6. The number of hydrogen-bond donors (Lipinski definition) is 4. The molecule has 45 heavy (non-hydrogen) atoms. The molecule has 0 bridgehead atoms. The second-order valence-corrected chi connectivity index (χ2v) is 11.4. The monoisotopic (exact) mass is 638 g/mol. The van der Waals surface area contributed by atoms with Crippen molar-refractivity contribution in [3.63, 3.8) is 0 Å². The van der Waals surface area contributed by atoms with Crippen molar-refractivity contribution >= 4 is 40.3 Å². The van der Waals surface area contributed by atoms with Crippen LogP contribution in [0.15, 0.2) is 69.9 Å². The molecule has 236 valence electrons. The number of benzene rings is 3. The van der Waals surface area contributed by atoms with E-state index in [1.54, 1.807) is 51.1 Å². The zero-order valence-electron chi connectivity index (χ0n) is 24.7. The molecular formula is C32H31ClN2O10. The molecule has 1 saturated heterocycles. The summed E-state index contributed by atoms with van der Waals surface area (Å²) in [4.78, 5) is 37.7. The first-order chi connectivity index (χ1) is 21.3. The van der Waals surface area contributed by atoms with Gasteiger partial charge < -0.3 is 44.6 Å². The number of hydrogen-bond acceptors (Lipinski definition) is 10. The van der Waals surface area contributed by atoms with Gasteiger partial charge >= 0.3 is 11.7 Å². The fraction of sp³-hybridized carbons (Fsp3) is 0.281. The van der Waals surface area contributed by atoms with Crippen molar-refractivity contribution in [2.24, 2.45) is 5.73 Å². The number of nitrogens with two attached hydrogens (primary N) is 1. The molecule has 0 aliphatic carbocycles. The highest BCUT2D eigenvalue weighted by atomic mass is 35.5. The van der Waals surface area contributed by atoms with Gasteiger partial charge in [0.25, 0.3) is 5.91 Å². The molecule has 13 heteroatoms. The summed E-state index contributed by atoms with van der Waals surface area (Å²) in [7, 11) is 1.37. The van der Waals surface area contributed by atoms with Gasteiger partial charge in [0.1, 0.15) is 17.4 Å². The van der Waals surface area contributed by atoms with Gasteiger partial charge in [0.05, 0.1) is 11.0 Å². The number of methoxy groups -OCH3 is 1. The zero-order valence-corrected chi connectivity index (χ0v) is 25.5. The maximum absolute atomic E-state index is 13.1. The van der Waals surface area contributed by atoms with Crippen molar-refractivity contribution in [3.8, 4) is 22.6 Å². The van der Waals surface area contributed by atoms with Gasteiger partial charge in [-0.3, -0.25) is 4.79 Å². The largest absolute Gasteiger partial charge is 0.505 e. The molecule has 2 heterocycles. The topological polar surface area (TPSA) is 180 Å². The molecule has 0 spiro atoms. The molecular weight excluding hydrogens is 608 g/mol. The van der Waals surface area contributed by atoms with E-state index in [1.165, 1.54) is 19.2 Å². The number of aliphatic hydroxyl groups excluding tert-OH is 1. The van der Waals surface area contributed by atoms with Crippen LogP contribution in [0.1, 0.15) is 29.8 Å². The van der Waals surface area contributed by atoms with Gasteiger partial charge in [0.15, 0.2) is 23.6 Å². The molecule has 5 rings (SSSR count). The number of amides is 2. The molecule has 1 aliphatic heterocycles. The lowest BCUT2D eigenvalue weighted by molar-refractivity contribution is -0.304. The van der Waals surface area contributed by atoms with Gasteiger partial charge in [-0.1, -0.05) is 35.9 Å². The maximum Gasteiger partial charge on any atom is 0.404 e. The van der Waals surface area contributed by atoms with Gasteiger partial charge in [-0.05, 0) is 68.3 Å². The van der Waals surface area contributed by atoms with Crippen LogP contribution in [-0.4, -0.2) is 59.5 Å². The third-order valence-electron chi connectivity index (χ3n) is 7.56. The standard InChI is InChI=1S/C32H31ClN2O10/c1-15-21(42-30-24(37)26(44-31(34)40)27(41-4)32(2,3)45-30)13-12-20-23(36)22(29(39)43-25(15)20)35-28(38)18-7-5-6-17(14-18)16-8-10-19(33)11-9-16/h5-14,24,26-27,30,36-37H,1-4H3,(H2,34,40)(H,35,38)/t24-,26+,27-,30-/m1/s1. The van der Waals surface area contributed by atoms with Gasteiger partial charge in [-0.2, -0.15) is 0 Å². The van der Waals surface area contributed by atoms with E-state index in [0.717, 1.165) is 11.1 Å². The second kappa shape index (κ2) is 12.4. The summed E-state index contributed by atoms with van der Waals surface area (Å²) in [5, 5.41) is 25.1. The highest BCUT2D eigenvalue weighted by Crippen LogP contribution is 2.38. The highest BCUT2D eigenvalue weighted by Gasteiger charge is 2.53. The summed E-state index contributed by atoms with van der Waals surface area (Å²) < 4.78 is 27.9. The minimum Gasteiger partial charge on any atom is -0.505 e. The number of aliphatic hydroxyl groups is 1. The van der Waals surface area contributed by atoms with E-state index >= 15 is 0 Å².